The first-order valence-corrected chi connectivity index (χ1v) is 3.17. The normalized spacial score (nSPS) is 11.7. The largest absolute Gasteiger partial charge is 0.205 e. The van der Waals surface area contributed by atoms with E-state index < -0.39 is 0 Å². The van der Waals surface area contributed by atoms with Crippen molar-refractivity contribution in [2.24, 2.45) is 10.9 Å². The van der Waals surface area contributed by atoms with Crippen molar-refractivity contribution in [3.8, 4) is 6.19 Å². The molecule has 0 atom stereocenters. The van der Waals surface area contributed by atoms with E-state index in [1.807, 2.05) is 20.8 Å². The lowest BCUT2D eigenvalue weighted by molar-refractivity contribution is 0.858. The third-order valence-electron chi connectivity index (χ3n) is 1.22. The number of hydrogen-bond donors (Lipinski definition) is 0. The van der Waals surface area contributed by atoms with Crippen molar-refractivity contribution in [2.75, 3.05) is 0 Å². The number of nitriles is 1. The predicted octanol–water partition coefficient (Wildman–Crippen LogP) is 1.97. The van der Waals surface area contributed by atoms with Gasteiger partial charge in [-0.2, -0.15) is 10.3 Å². The molecule has 2 heteroatoms. The number of rotatable bonds is 2. The van der Waals surface area contributed by atoms with E-state index in [1.54, 1.807) is 6.19 Å². The van der Waals surface area contributed by atoms with Gasteiger partial charge in [-0.05, 0) is 12.3 Å². The maximum atomic E-state index is 8.18. The Labute approximate surface area is 56.2 Å². The lowest BCUT2D eigenvalue weighted by Crippen LogP contribution is -2.04. The Kier molecular flexibility index (Phi) is 3.70. The molecule has 0 aromatic carbocycles. The van der Waals surface area contributed by atoms with Crippen LogP contribution in [0.2, 0.25) is 0 Å². The van der Waals surface area contributed by atoms with Gasteiger partial charge in [0.25, 0.3) is 0 Å². The van der Waals surface area contributed by atoms with E-state index in [0.717, 1.165) is 12.1 Å². The van der Waals surface area contributed by atoms with Crippen LogP contribution in [0, 0.1) is 17.4 Å². The highest BCUT2D eigenvalue weighted by Gasteiger charge is 1.99. The second-order valence-electron chi connectivity index (χ2n) is 2.21. The lowest BCUT2D eigenvalue weighted by atomic mass is 10.1. The van der Waals surface area contributed by atoms with Crippen molar-refractivity contribution in [1.29, 1.82) is 5.26 Å². The van der Waals surface area contributed by atoms with Crippen LogP contribution < -0.4 is 0 Å². The molecular formula is C7H12N2. The maximum absolute atomic E-state index is 8.18. The third kappa shape index (κ3) is 2.86. The van der Waals surface area contributed by atoms with E-state index in [0.29, 0.717) is 5.92 Å². The highest BCUT2D eigenvalue weighted by Crippen LogP contribution is 1.99. The molecule has 2 nitrogen and oxygen atoms in total. The van der Waals surface area contributed by atoms with Crippen LogP contribution >= 0.6 is 0 Å². The zero-order valence-electron chi connectivity index (χ0n) is 6.18. The molecule has 0 aliphatic heterocycles. The quantitative estimate of drug-likeness (QED) is 0.409. The maximum Gasteiger partial charge on any atom is 0.205 e. The standard InChI is InChI=1S/C7H12N2/c1-4-7(6(2)3)9-5-8/h6H,4H2,1-3H3/b9-7-. The van der Waals surface area contributed by atoms with Crippen LogP contribution in [0.25, 0.3) is 0 Å². The van der Waals surface area contributed by atoms with Crippen LogP contribution in [-0.4, -0.2) is 5.71 Å². The smallest absolute Gasteiger partial charge is 0.182 e. The van der Waals surface area contributed by atoms with Gasteiger partial charge in [0.1, 0.15) is 0 Å². The van der Waals surface area contributed by atoms with Crippen LogP contribution in [0.4, 0.5) is 0 Å². The number of aliphatic imine (C=N–C) groups is 1. The molecule has 50 valence electrons. The fourth-order valence-electron chi connectivity index (χ4n) is 0.681. The minimum absolute atomic E-state index is 0.412. The minimum Gasteiger partial charge on any atom is -0.182 e. The summed E-state index contributed by atoms with van der Waals surface area (Å²) in [5.41, 5.74) is 0.984. The second kappa shape index (κ2) is 4.08. The summed E-state index contributed by atoms with van der Waals surface area (Å²) in [6.07, 6.45) is 2.67. The van der Waals surface area contributed by atoms with Crippen molar-refractivity contribution < 1.29 is 0 Å². The molecule has 0 rings (SSSR count). The van der Waals surface area contributed by atoms with E-state index >= 15 is 0 Å². The molecule has 0 fully saturated rings. The Balaban J connectivity index is 4.02. The summed E-state index contributed by atoms with van der Waals surface area (Å²) in [5.74, 6) is 0.412. The summed E-state index contributed by atoms with van der Waals surface area (Å²) in [5, 5.41) is 8.18. The molecular weight excluding hydrogens is 112 g/mol. The molecule has 0 amide bonds. The molecule has 0 bridgehead atoms. The van der Waals surface area contributed by atoms with Crippen molar-refractivity contribution in [3.63, 3.8) is 0 Å². The Morgan fingerprint density at radius 3 is 2.33 bits per heavy atom. The molecule has 0 heterocycles. The number of hydrogen-bond acceptors (Lipinski definition) is 2. The molecule has 0 spiro atoms. The fourth-order valence-corrected chi connectivity index (χ4v) is 0.681. The molecule has 0 saturated carbocycles. The predicted molar refractivity (Wildman–Crippen MR) is 38.2 cm³/mol. The fraction of sp³-hybridized carbons (Fsp3) is 0.714. The topological polar surface area (TPSA) is 36.1 Å². The van der Waals surface area contributed by atoms with Gasteiger partial charge in [0.15, 0.2) is 0 Å². The molecule has 0 radical (unpaired) electrons. The second-order valence-corrected chi connectivity index (χ2v) is 2.21. The van der Waals surface area contributed by atoms with Gasteiger partial charge in [-0.15, -0.1) is 0 Å². The summed E-state index contributed by atoms with van der Waals surface area (Å²) in [6, 6.07) is 0. The molecule has 0 N–H and O–H groups in total. The van der Waals surface area contributed by atoms with Gasteiger partial charge in [0.2, 0.25) is 6.19 Å². The Bertz CT molecular complexity index is 139. The lowest BCUT2D eigenvalue weighted by Gasteiger charge is -2.02. The first-order chi connectivity index (χ1) is 4.22. The first kappa shape index (κ1) is 8.16. The Morgan fingerprint density at radius 1 is 1.67 bits per heavy atom. The van der Waals surface area contributed by atoms with Crippen LogP contribution in [-0.2, 0) is 0 Å². The first-order valence-electron chi connectivity index (χ1n) is 3.17. The monoisotopic (exact) mass is 124 g/mol. The molecule has 0 unspecified atom stereocenters. The molecule has 0 aromatic heterocycles. The zero-order valence-corrected chi connectivity index (χ0v) is 6.18. The van der Waals surface area contributed by atoms with E-state index in [2.05, 4.69) is 4.99 Å². The summed E-state index contributed by atoms with van der Waals surface area (Å²) < 4.78 is 0. The van der Waals surface area contributed by atoms with Crippen molar-refractivity contribution in [1.82, 2.24) is 0 Å². The van der Waals surface area contributed by atoms with Crippen molar-refractivity contribution in [3.05, 3.63) is 0 Å². The average molecular weight is 124 g/mol. The molecule has 0 aromatic rings. The van der Waals surface area contributed by atoms with Gasteiger partial charge in [-0.3, -0.25) is 0 Å². The van der Waals surface area contributed by atoms with Gasteiger partial charge in [0, 0.05) is 5.71 Å². The third-order valence-corrected chi connectivity index (χ3v) is 1.22. The van der Waals surface area contributed by atoms with Crippen LogP contribution in [0.3, 0.4) is 0 Å². The Hall–Kier alpha value is -0.840. The molecule has 0 saturated heterocycles. The SMILES string of the molecule is CC/C(=N/C#N)C(C)C. The number of nitrogens with zero attached hydrogens (tertiary/aromatic N) is 2. The summed E-state index contributed by atoms with van der Waals surface area (Å²) in [4.78, 5) is 3.66. The molecule has 9 heavy (non-hydrogen) atoms. The van der Waals surface area contributed by atoms with E-state index in [4.69, 9.17) is 5.26 Å². The van der Waals surface area contributed by atoms with E-state index in [9.17, 15) is 0 Å². The zero-order chi connectivity index (χ0) is 7.28. The summed E-state index contributed by atoms with van der Waals surface area (Å²) in [6.45, 7) is 6.09. The van der Waals surface area contributed by atoms with Gasteiger partial charge in [-0.1, -0.05) is 20.8 Å². The summed E-state index contributed by atoms with van der Waals surface area (Å²) >= 11 is 0. The molecule has 0 aliphatic rings. The molecule has 0 aliphatic carbocycles. The van der Waals surface area contributed by atoms with Gasteiger partial charge < -0.3 is 0 Å². The highest BCUT2D eigenvalue weighted by atomic mass is 14.7. The van der Waals surface area contributed by atoms with Crippen LogP contribution in [0.5, 0.6) is 0 Å². The van der Waals surface area contributed by atoms with Crippen molar-refractivity contribution in [2.45, 2.75) is 27.2 Å². The Morgan fingerprint density at radius 2 is 2.22 bits per heavy atom. The van der Waals surface area contributed by atoms with Crippen LogP contribution in [0.1, 0.15) is 27.2 Å². The van der Waals surface area contributed by atoms with E-state index in [1.165, 1.54) is 0 Å². The average Bonchev–Trinajstić information content (AvgIpc) is 1.82. The van der Waals surface area contributed by atoms with Gasteiger partial charge >= 0.3 is 0 Å². The summed E-state index contributed by atoms with van der Waals surface area (Å²) in [7, 11) is 0. The van der Waals surface area contributed by atoms with Crippen LogP contribution in [0.15, 0.2) is 4.99 Å². The van der Waals surface area contributed by atoms with Gasteiger partial charge in [-0.25, -0.2) is 0 Å². The van der Waals surface area contributed by atoms with Gasteiger partial charge in [0.05, 0.1) is 0 Å². The minimum atomic E-state index is 0.412. The van der Waals surface area contributed by atoms with E-state index in [-0.39, 0.29) is 0 Å². The van der Waals surface area contributed by atoms with Crippen molar-refractivity contribution >= 4 is 5.71 Å². The highest BCUT2D eigenvalue weighted by molar-refractivity contribution is 5.86.